The maximum atomic E-state index is 12.3. The average Bonchev–Trinajstić information content (AvgIpc) is 2.39. The van der Waals surface area contributed by atoms with Crippen molar-refractivity contribution in [2.24, 2.45) is 0 Å². The second-order valence-corrected chi connectivity index (χ2v) is 6.18. The van der Waals surface area contributed by atoms with Crippen LogP contribution in [-0.4, -0.2) is 55.0 Å². The van der Waals surface area contributed by atoms with Gasteiger partial charge in [-0.05, 0) is 24.3 Å². The first kappa shape index (κ1) is 13.6. The standard InChI is InChI=1S/C11H15N3O4S/c12-9-1-3-10(4-2-9)19(17,18)14-7-5-13(6-8-14)11(15)16/h1-4H,5-8,12H2,(H,15,16). The van der Waals surface area contributed by atoms with Gasteiger partial charge in [-0.1, -0.05) is 0 Å². The van der Waals surface area contributed by atoms with Gasteiger partial charge in [-0.15, -0.1) is 0 Å². The molecule has 1 aromatic rings. The molecule has 0 atom stereocenters. The van der Waals surface area contributed by atoms with Gasteiger partial charge in [0, 0.05) is 31.9 Å². The van der Waals surface area contributed by atoms with Crippen LogP contribution in [0.15, 0.2) is 29.2 Å². The molecule has 19 heavy (non-hydrogen) atoms. The van der Waals surface area contributed by atoms with Crippen molar-refractivity contribution in [1.29, 1.82) is 0 Å². The summed E-state index contributed by atoms with van der Waals surface area (Å²) in [5, 5.41) is 8.82. The highest BCUT2D eigenvalue weighted by Gasteiger charge is 2.29. The number of piperazine rings is 1. The molecule has 0 radical (unpaired) electrons. The fraction of sp³-hybridized carbons (Fsp3) is 0.364. The number of rotatable bonds is 2. The molecule has 3 N–H and O–H groups in total. The maximum absolute atomic E-state index is 12.3. The van der Waals surface area contributed by atoms with Crippen molar-refractivity contribution in [1.82, 2.24) is 9.21 Å². The number of anilines is 1. The Morgan fingerprint density at radius 3 is 2.11 bits per heavy atom. The molecule has 104 valence electrons. The van der Waals surface area contributed by atoms with Crippen molar-refractivity contribution in [3.8, 4) is 0 Å². The van der Waals surface area contributed by atoms with Crippen molar-refractivity contribution in [3.63, 3.8) is 0 Å². The van der Waals surface area contributed by atoms with Gasteiger partial charge in [0.2, 0.25) is 10.0 Å². The average molecular weight is 285 g/mol. The van der Waals surface area contributed by atoms with Crippen molar-refractivity contribution < 1.29 is 18.3 Å². The molecule has 1 fully saturated rings. The summed E-state index contributed by atoms with van der Waals surface area (Å²) in [4.78, 5) is 12.1. The minimum absolute atomic E-state index is 0.166. The Kier molecular flexibility index (Phi) is 3.63. The Morgan fingerprint density at radius 1 is 1.11 bits per heavy atom. The van der Waals surface area contributed by atoms with Crippen LogP contribution < -0.4 is 5.73 Å². The molecule has 1 aliphatic heterocycles. The summed E-state index contributed by atoms with van der Waals surface area (Å²) in [5.41, 5.74) is 6.01. The molecule has 8 heteroatoms. The summed E-state index contributed by atoms with van der Waals surface area (Å²) in [5.74, 6) is 0. The van der Waals surface area contributed by atoms with Crippen molar-refractivity contribution in [2.45, 2.75) is 4.90 Å². The van der Waals surface area contributed by atoms with E-state index in [1.807, 2.05) is 0 Å². The molecule has 1 aromatic carbocycles. The molecule has 0 saturated carbocycles. The molecule has 7 nitrogen and oxygen atoms in total. The molecule has 1 aliphatic rings. The van der Waals surface area contributed by atoms with Gasteiger partial charge < -0.3 is 15.7 Å². The fourth-order valence-electron chi connectivity index (χ4n) is 1.91. The molecule has 1 amide bonds. The van der Waals surface area contributed by atoms with Crippen molar-refractivity contribution in [2.75, 3.05) is 31.9 Å². The highest BCUT2D eigenvalue weighted by atomic mass is 32.2. The molecule has 1 heterocycles. The second-order valence-electron chi connectivity index (χ2n) is 4.24. The van der Waals surface area contributed by atoms with E-state index < -0.39 is 16.1 Å². The molecule has 0 aromatic heterocycles. The van der Waals surface area contributed by atoms with E-state index in [1.54, 1.807) is 0 Å². The van der Waals surface area contributed by atoms with Crippen LogP contribution >= 0.6 is 0 Å². The van der Waals surface area contributed by atoms with Crippen LogP contribution in [0.1, 0.15) is 0 Å². The highest BCUT2D eigenvalue weighted by Crippen LogP contribution is 2.18. The van der Waals surface area contributed by atoms with Gasteiger partial charge in [-0.25, -0.2) is 13.2 Å². The number of benzene rings is 1. The summed E-state index contributed by atoms with van der Waals surface area (Å²) in [6.07, 6.45) is -1.02. The van der Waals surface area contributed by atoms with E-state index in [2.05, 4.69) is 0 Å². The Labute approximate surface area is 111 Å². The Balaban J connectivity index is 2.14. The van der Waals surface area contributed by atoms with E-state index in [-0.39, 0.29) is 31.1 Å². The second kappa shape index (κ2) is 5.06. The third-order valence-electron chi connectivity index (χ3n) is 3.03. The minimum atomic E-state index is -3.57. The predicted octanol–water partition coefficient (Wildman–Crippen LogP) is 0.253. The molecule has 0 aliphatic carbocycles. The van der Waals surface area contributed by atoms with Gasteiger partial charge >= 0.3 is 6.09 Å². The number of hydrogen-bond donors (Lipinski definition) is 2. The Bertz CT molecular complexity index is 562. The summed E-state index contributed by atoms with van der Waals surface area (Å²) in [7, 11) is -3.57. The Morgan fingerprint density at radius 2 is 1.63 bits per heavy atom. The smallest absolute Gasteiger partial charge is 0.407 e. The van der Waals surface area contributed by atoms with E-state index >= 15 is 0 Å². The molecule has 0 unspecified atom stereocenters. The van der Waals surface area contributed by atoms with E-state index in [4.69, 9.17) is 10.8 Å². The van der Waals surface area contributed by atoms with Crippen molar-refractivity contribution in [3.05, 3.63) is 24.3 Å². The number of hydrogen-bond acceptors (Lipinski definition) is 4. The van der Waals surface area contributed by atoms with E-state index in [1.165, 1.54) is 33.5 Å². The van der Waals surface area contributed by atoms with Gasteiger partial charge in [0.05, 0.1) is 4.90 Å². The quantitative estimate of drug-likeness (QED) is 0.758. The third-order valence-corrected chi connectivity index (χ3v) is 4.94. The first-order valence-corrected chi connectivity index (χ1v) is 7.19. The Hall–Kier alpha value is -1.80. The van der Waals surface area contributed by atoms with Gasteiger partial charge in [0.25, 0.3) is 0 Å². The van der Waals surface area contributed by atoms with Gasteiger partial charge in [-0.2, -0.15) is 4.31 Å². The zero-order valence-corrected chi connectivity index (χ0v) is 11.0. The maximum Gasteiger partial charge on any atom is 0.407 e. The number of carboxylic acid groups (broad SMARTS) is 1. The zero-order chi connectivity index (χ0) is 14.0. The summed E-state index contributed by atoms with van der Waals surface area (Å²) in [6.45, 7) is 0.699. The van der Waals surface area contributed by atoms with Gasteiger partial charge in [0.15, 0.2) is 0 Å². The van der Waals surface area contributed by atoms with Crippen LogP contribution in [0.5, 0.6) is 0 Å². The molecule has 0 spiro atoms. The molecule has 0 bridgehead atoms. The topological polar surface area (TPSA) is 104 Å². The molecular formula is C11H15N3O4S. The summed E-state index contributed by atoms with van der Waals surface area (Å²) >= 11 is 0. The van der Waals surface area contributed by atoms with Gasteiger partial charge in [0.1, 0.15) is 0 Å². The lowest BCUT2D eigenvalue weighted by atomic mass is 10.3. The molecule has 2 rings (SSSR count). The summed E-state index contributed by atoms with van der Waals surface area (Å²) < 4.78 is 25.9. The van der Waals surface area contributed by atoms with E-state index in [0.717, 1.165) is 0 Å². The number of amides is 1. The monoisotopic (exact) mass is 285 g/mol. The van der Waals surface area contributed by atoms with Crippen LogP contribution in [-0.2, 0) is 10.0 Å². The lowest BCUT2D eigenvalue weighted by Crippen LogP contribution is -2.50. The van der Waals surface area contributed by atoms with Crippen LogP contribution in [0, 0.1) is 0 Å². The number of nitrogen functional groups attached to an aromatic ring is 1. The van der Waals surface area contributed by atoms with E-state index in [9.17, 15) is 13.2 Å². The van der Waals surface area contributed by atoms with Crippen LogP contribution in [0.3, 0.4) is 0 Å². The highest BCUT2D eigenvalue weighted by molar-refractivity contribution is 7.89. The first-order valence-electron chi connectivity index (χ1n) is 5.75. The van der Waals surface area contributed by atoms with E-state index in [0.29, 0.717) is 5.69 Å². The first-order chi connectivity index (χ1) is 8.91. The van der Waals surface area contributed by atoms with Crippen LogP contribution in [0.4, 0.5) is 10.5 Å². The SMILES string of the molecule is Nc1ccc(S(=O)(=O)N2CCN(C(=O)O)CC2)cc1. The van der Waals surface area contributed by atoms with Crippen LogP contribution in [0.2, 0.25) is 0 Å². The number of nitrogens with zero attached hydrogens (tertiary/aromatic N) is 2. The lowest BCUT2D eigenvalue weighted by molar-refractivity contribution is 0.126. The van der Waals surface area contributed by atoms with Crippen LogP contribution in [0.25, 0.3) is 0 Å². The molecule has 1 saturated heterocycles. The summed E-state index contributed by atoms with van der Waals surface area (Å²) in [6, 6.07) is 5.96. The predicted molar refractivity (Wildman–Crippen MR) is 69.2 cm³/mol. The van der Waals surface area contributed by atoms with Gasteiger partial charge in [-0.3, -0.25) is 0 Å². The minimum Gasteiger partial charge on any atom is -0.465 e. The number of nitrogens with two attached hydrogens (primary N) is 1. The normalized spacial score (nSPS) is 17.4. The van der Waals surface area contributed by atoms with Crippen molar-refractivity contribution >= 4 is 21.8 Å². The number of sulfonamides is 1. The number of carbonyl (C=O) groups is 1. The fourth-order valence-corrected chi connectivity index (χ4v) is 3.33. The lowest BCUT2D eigenvalue weighted by Gasteiger charge is -2.32. The zero-order valence-electron chi connectivity index (χ0n) is 10.2. The third kappa shape index (κ3) is 2.79. The molecular weight excluding hydrogens is 270 g/mol. The largest absolute Gasteiger partial charge is 0.465 e.